The van der Waals surface area contributed by atoms with Gasteiger partial charge in [-0.25, -0.2) is 12.8 Å². The molecule has 0 saturated heterocycles. The van der Waals surface area contributed by atoms with Crippen molar-refractivity contribution in [3.8, 4) is 0 Å². The molecule has 2 aromatic carbocycles. The first-order valence-corrected chi connectivity index (χ1v) is 8.72. The number of sulfone groups is 1. The second-order valence-corrected chi connectivity index (χ2v) is 7.95. The number of carboxylic acid groups (broad SMARTS) is 1. The molecule has 0 spiro atoms. The van der Waals surface area contributed by atoms with Gasteiger partial charge < -0.3 is 5.11 Å². The minimum Gasteiger partial charge on any atom is -0.481 e. The SMILES string of the molecule is O=C(O)C1C(c2ccc(F)cc2)C1S(=O)(=O)c1ccc(Cl)cc1. The monoisotopic (exact) mass is 354 g/mol. The quantitative estimate of drug-likeness (QED) is 0.915. The summed E-state index contributed by atoms with van der Waals surface area (Å²) in [6, 6.07) is 10.8. The summed E-state index contributed by atoms with van der Waals surface area (Å²) < 4.78 is 38.4. The van der Waals surface area contributed by atoms with Gasteiger partial charge >= 0.3 is 5.97 Å². The molecule has 1 aliphatic rings. The van der Waals surface area contributed by atoms with E-state index in [0.717, 1.165) is 0 Å². The molecule has 0 aromatic heterocycles. The zero-order valence-electron chi connectivity index (χ0n) is 11.7. The van der Waals surface area contributed by atoms with E-state index in [2.05, 4.69) is 0 Å². The Labute approximate surface area is 137 Å². The van der Waals surface area contributed by atoms with E-state index in [9.17, 15) is 22.7 Å². The Hall–Kier alpha value is -1.92. The molecule has 1 fully saturated rings. The van der Waals surface area contributed by atoms with Crippen molar-refractivity contribution in [1.82, 2.24) is 0 Å². The van der Waals surface area contributed by atoms with Gasteiger partial charge in [0.2, 0.25) is 0 Å². The molecule has 3 rings (SSSR count). The molecule has 7 heteroatoms. The Morgan fingerprint density at radius 3 is 2.13 bits per heavy atom. The molecule has 0 radical (unpaired) electrons. The Morgan fingerprint density at radius 2 is 1.61 bits per heavy atom. The first-order chi connectivity index (χ1) is 10.8. The van der Waals surface area contributed by atoms with Gasteiger partial charge in [0.25, 0.3) is 0 Å². The first-order valence-electron chi connectivity index (χ1n) is 6.80. The highest BCUT2D eigenvalue weighted by atomic mass is 35.5. The van der Waals surface area contributed by atoms with Gasteiger partial charge in [0.05, 0.1) is 16.1 Å². The molecule has 1 saturated carbocycles. The molecule has 1 N–H and O–H groups in total. The molecule has 3 unspecified atom stereocenters. The summed E-state index contributed by atoms with van der Waals surface area (Å²) in [4.78, 5) is 11.4. The van der Waals surface area contributed by atoms with Crippen LogP contribution in [0.1, 0.15) is 11.5 Å². The summed E-state index contributed by atoms with van der Waals surface area (Å²) in [6.07, 6.45) is 0. The fourth-order valence-corrected chi connectivity index (χ4v) is 5.08. The molecule has 1 aliphatic carbocycles. The Kier molecular flexibility index (Phi) is 3.90. The van der Waals surface area contributed by atoms with Crippen LogP contribution in [0.15, 0.2) is 53.4 Å². The highest BCUT2D eigenvalue weighted by Gasteiger charge is 2.63. The van der Waals surface area contributed by atoms with Crippen molar-refractivity contribution in [1.29, 1.82) is 0 Å². The maximum atomic E-state index is 13.0. The summed E-state index contributed by atoms with van der Waals surface area (Å²) >= 11 is 5.75. The summed E-state index contributed by atoms with van der Waals surface area (Å²) in [5, 5.41) is 8.63. The van der Waals surface area contributed by atoms with Crippen molar-refractivity contribution >= 4 is 27.4 Å². The summed E-state index contributed by atoms with van der Waals surface area (Å²) in [5.74, 6) is -3.37. The molecule has 2 aromatic rings. The highest BCUT2D eigenvalue weighted by Crippen LogP contribution is 2.54. The number of carboxylic acids is 1. The smallest absolute Gasteiger partial charge is 0.308 e. The highest BCUT2D eigenvalue weighted by molar-refractivity contribution is 7.92. The molecule has 23 heavy (non-hydrogen) atoms. The lowest BCUT2D eigenvalue weighted by molar-refractivity contribution is -0.138. The number of aliphatic carboxylic acids is 1. The van der Waals surface area contributed by atoms with Gasteiger partial charge in [0.1, 0.15) is 5.82 Å². The third-order valence-corrected chi connectivity index (χ3v) is 6.48. The average molecular weight is 355 g/mol. The minimum atomic E-state index is -3.82. The number of benzene rings is 2. The molecular weight excluding hydrogens is 343 g/mol. The van der Waals surface area contributed by atoms with Crippen molar-refractivity contribution < 1.29 is 22.7 Å². The molecule has 0 amide bonds. The van der Waals surface area contributed by atoms with E-state index in [1.165, 1.54) is 48.5 Å². The van der Waals surface area contributed by atoms with Crippen LogP contribution >= 0.6 is 11.6 Å². The summed E-state index contributed by atoms with van der Waals surface area (Å²) in [5.41, 5.74) is 0.501. The molecule has 0 aliphatic heterocycles. The lowest BCUT2D eigenvalue weighted by Crippen LogP contribution is -2.13. The van der Waals surface area contributed by atoms with Gasteiger partial charge in [-0.1, -0.05) is 23.7 Å². The van der Waals surface area contributed by atoms with Crippen LogP contribution < -0.4 is 0 Å². The lowest BCUT2D eigenvalue weighted by atomic mass is 10.1. The predicted molar refractivity (Wildman–Crippen MR) is 82.7 cm³/mol. The topological polar surface area (TPSA) is 71.4 Å². The van der Waals surface area contributed by atoms with Crippen molar-refractivity contribution in [3.05, 3.63) is 64.9 Å². The van der Waals surface area contributed by atoms with Crippen LogP contribution in [0.4, 0.5) is 4.39 Å². The van der Waals surface area contributed by atoms with E-state index in [-0.39, 0.29) is 4.90 Å². The molecular formula is C16H12ClFO4S. The second kappa shape index (κ2) is 5.62. The maximum Gasteiger partial charge on any atom is 0.308 e. The van der Waals surface area contributed by atoms with Gasteiger partial charge in [-0.3, -0.25) is 4.79 Å². The van der Waals surface area contributed by atoms with E-state index < -0.39 is 38.7 Å². The largest absolute Gasteiger partial charge is 0.481 e. The van der Waals surface area contributed by atoms with Crippen LogP contribution in [-0.2, 0) is 14.6 Å². The number of halogens is 2. The number of rotatable bonds is 4. The minimum absolute atomic E-state index is 0.0303. The van der Waals surface area contributed by atoms with E-state index in [4.69, 9.17) is 11.6 Å². The van der Waals surface area contributed by atoms with Gasteiger partial charge in [0, 0.05) is 10.9 Å². The first kappa shape index (κ1) is 16.0. The Morgan fingerprint density at radius 1 is 1.04 bits per heavy atom. The zero-order chi connectivity index (χ0) is 16.8. The Balaban J connectivity index is 1.98. The number of carbonyl (C=O) groups is 1. The average Bonchev–Trinajstić information content (AvgIpc) is 3.25. The van der Waals surface area contributed by atoms with Gasteiger partial charge in [-0.15, -0.1) is 0 Å². The van der Waals surface area contributed by atoms with Crippen LogP contribution in [0.25, 0.3) is 0 Å². The number of hydrogen-bond donors (Lipinski definition) is 1. The molecule has 0 heterocycles. The van der Waals surface area contributed by atoms with Crippen LogP contribution in [-0.4, -0.2) is 24.7 Å². The van der Waals surface area contributed by atoms with Crippen LogP contribution in [0, 0.1) is 11.7 Å². The van der Waals surface area contributed by atoms with Crippen molar-refractivity contribution in [2.24, 2.45) is 5.92 Å². The summed E-state index contributed by atoms with van der Waals surface area (Å²) in [7, 11) is -3.82. The Bertz CT molecular complexity index is 847. The molecule has 0 bridgehead atoms. The normalized spacial score (nSPS) is 23.5. The third-order valence-electron chi connectivity index (χ3n) is 3.99. The van der Waals surface area contributed by atoms with E-state index in [0.29, 0.717) is 10.6 Å². The van der Waals surface area contributed by atoms with Gasteiger partial charge in [0.15, 0.2) is 9.84 Å². The van der Waals surface area contributed by atoms with E-state index in [1.54, 1.807) is 0 Å². The third kappa shape index (κ3) is 2.84. The van der Waals surface area contributed by atoms with Crippen molar-refractivity contribution in [2.45, 2.75) is 16.1 Å². The van der Waals surface area contributed by atoms with Gasteiger partial charge in [-0.05, 0) is 42.0 Å². The zero-order valence-corrected chi connectivity index (χ0v) is 13.3. The van der Waals surface area contributed by atoms with Crippen molar-refractivity contribution in [2.75, 3.05) is 0 Å². The van der Waals surface area contributed by atoms with E-state index >= 15 is 0 Å². The molecule has 3 atom stereocenters. The summed E-state index contributed by atoms with van der Waals surface area (Å²) in [6.45, 7) is 0. The fraction of sp³-hybridized carbons (Fsp3) is 0.188. The second-order valence-electron chi connectivity index (χ2n) is 5.40. The van der Waals surface area contributed by atoms with Gasteiger partial charge in [-0.2, -0.15) is 0 Å². The molecule has 120 valence electrons. The standard InChI is InChI=1S/C16H12ClFO4S/c17-10-3-7-12(8-4-10)23(21,22)15-13(14(15)16(19)20)9-1-5-11(18)6-2-9/h1-8,13-15H,(H,19,20). The fourth-order valence-electron chi connectivity index (χ4n) is 2.83. The van der Waals surface area contributed by atoms with Crippen LogP contribution in [0.3, 0.4) is 0 Å². The van der Waals surface area contributed by atoms with E-state index in [1.807, 2.05) is 0 Å². The number of hydrogen-bond acceptors (Lipinski definition) is 3. The van der Waals surface area contributed by atoms with Crippen molar-refractivity contribution in [3.63, 3.8) is 0 Å². The predicted octanol–water partition coefficient (Wildman–Crippen LogP) is 3.12. The van der Waals surface area contributed by atoms with Crippen LogP contribution in [0.5, 0.6) is 0 Å². The maximum absolute atomic E-state index is 13.0. The lowest BCUT2D eigenvalue weighted by Gasteiger charge is -2.04. The molecule has 4 nitrogen and oxygen atoms in total. The van der Waals surface area contributed by atoms with Crippen LogP contribution in [0.2, 0.25) is 5.02 Å².